The van der Waals surface area contributed by atoms with Gasteiger partial charge in [-0.15, -0.1) is 0 Å². The number of carbonyl (C=O) groups is 1. The van der Waals surface area contributed by atoms with E-state index >= 15 is 0 Å². The molecule has 0 saturated heterocycles. The van der Waals surface area contributed by atoms with Crippen LogP contribution in [0.2, 0.25) is 0 Å². The van der Waals surface area contributed by atoms with Crippen LogP contribution in [0.3, 0.4) is 0 Å². The average molecular weight is 423 g/mol. The molecule has 4 rings (SSSR count). The number of esters is 1. The largest absolute Gasteiger partial charge is 0.500 e. The van der Waals surface area contributed by atoms with Crippen LogP contribution in [-0.4, -0.2) is 19.7 Å². The molecule has 0 aromatic heterocycles. The van der Waals surface area contributed by atoms with Crippen molar-refractivity contribution in [1.29, 1.82) is 0 Å². The molecule has 0 aromatic rings. The lowest BCUT2D eigenvalue weighted by atomic mass is 9.48. The summed E-state index contributed by atoms with van der Waals surface area (Å²) in [6.07, 6.45) is 8.77. The highest BCUT2D eigenvalue weighted by Gasteiger charge is 2.58. The molecule has 3 nitrogen and oxygen atoms in total. The van der Waals surface area contributed by atoms with Gasteiger partial charge in [-0.05, 0) is 85.2 Å². The number of hydrogen-bond donors (Lipinski definition) is 0. The van der Waals surface area contributed by atoms with Gasteiger partial charge in [0.1, 0.15) is 5.76 Å². The highest BCUT2D eigenvalue weighted by molar-refractivity contribution is 6.32. The zero-order valence-corrected chi connectivity index (χ0v) is 18.7. The van der Waals surface area contributed by atoms with E-state index in [1.165, 1.54) is 5.57 Å². The molecule has 0 unspecified atom stereocenters. The summed E-state index contributed by atoms with van der Waals surface area (Å²) in [5.41, 5.74) is 1.75. The van der Waals surface area contributed by atoms with Crippen LogP contribution < -0.4 is 0 Å². The molecular weight excluding hydrogens is 391 g/mol. The summed E-state index contributed by atoms with van der Waals surface area (Å²) in [4.78, 5) is 12.1. The zero-order valence-electron chi connectivity index (χ0n) is 17.9. The second-order valence-electron chi connectivity index (χ2n) is 9.60. The Morgan fingerprint density at radius 1 is 1.21 bits per heavy atom. The second kappa shape index (κ2) is 7.44. The number of ether oxygens (including phenoxy) is 2. The van der Waals surface area contributed by atoms with Gasteiger partial charge >= 0.3 is 5.97 Å². The molecular formula is C24H32ClFO3. The third-order valence-corrected chi connectivity index (χ3v) is 8.98. The number of carbonyl (C=O) groups excluding carboxylic acids is 1. The lowest BCUT2D eigenvalue weighted by molar-refractivity contribution is -0.140. The van der Waals surface area contributed by atoms with Gasteiger partial charge in [0.15, 0.2) is 0 Å². The van der Waals surface area contributed by atoms with E-state index in [-0.39, 0.29) is 17.4 Å². The molecule has 2 saturated carbocycles. The maximum absolute atomic E-state index is 15.0. The van der Waals surface area contributed by atoms with Gasteiger partial charge in [-0.25, -0.2) is 4.79 Å². The third-order valence-electron chi connectivity index (χ3n) is 8.57. The van der Waals surface area contributed by atoms with E-state index in [2.05, 4.69) is 19.9 Å². The summed E-state index contributed by atoms with van der Waals surface area (Å²) in [5, 5.41) is 0.799. The van der Waals surface area contributed by atoms with E-state index in [4.69, 9.17) is 21.1 Å². The standard InChI is InChI=1S/C24H32ClFO3/c1-5-29-22(27)21(26)18-9-8-15-14-6-7-17-20(25)19(28-4)11-13-23(17,2)16(14)10-12-24(15,18)3/h7,14-16H,5-6,8-13H2,1-4H3/t14-,15-,16-,23+,24-/m0/s1. The summed E-state index contributed by atoms with van der Waals surface area (Å²) in [6, 6.07) is 0. The maximum atomic E-state index is 15.0. The molecule has 0 spiro atoms. The van der Waals surface area contributed by atoms with Crippen molar-refractivity contribution in [2.24, 2.45) is 28.6 Å². The van der Waals surface area contributed by atoms with Crippen molar-refractivity contribution in [1.82, 2.24) is 0 Å². The maximum Gasteiger partial charge on any atom is 0.367 e. The first-order valence-corrected chi connectivity index (χ1v) is 11.4. The van der Waals surface area contributed by atoms with Crippen LogP contribution in [-0.2, 0) is 14.3 Å². The molecule has 0 radical (unpaired) electrons. The van der Waals surface area contributed by atoms with Crippen molar-refractivity contribution in [3.63, 3.8) is 0 Å². The Labute approximate surface area is 178 Å². The molecule has 2 fully saturated rings. The first kappa shape index (κ1) is 21.0. The molecule has 160 valence electrons. The second-order valence-corrected chi connectivity index (χ2v) is 9.97. The van der Waals surface area contributed by atoms with Gasteiger partial charge in [0.2, 0.25) is 5.83 Å². The Bertz CT molecular complexity index is 813. The molecule has 5 atom stereocenters. The molecule has 0 amide bonds. The number of methoxy groups -OCH3 is 1. The van der Waals surface area contributed by atoms with Gasteiger partial charge in [-0.1, -0.05) is 31.5 Å². The summed E-state index contributed by atoms with van der Waals surface area (Å²) >= 11 is 6.72. The van der Waals surface area contributed by atoms with Crippen LogP contribution in [0.25, 0.3) is 0 Å². The fourth-order valence-electron chi connectivity index (χ4n) is 7.07. The molecule has 29 heavy (non-hydrogen) atoms. The van der Waals surface area contributed by atoms with Gasteiger partial charge in [-0.3, -0.25) is 0 Å². The van der Waals surface area contributed by atoms with Crippen LogP contribution in [0.1, 0.15) is 65.7 Å². The summed E-state index contributed by atoms with van der Waals surface area (Å²) < 4.78 is 25.4. The van der Waals surface area contributed by atoms with E-state index < -0.39 is 11.8 Å². The predicted molar refractivity (Wildman–Crippen MR) is 112 cm³/mol. The number of hydrogen-bond acceptors (Lipinski definition) is 3. The quantitative estimate of drug-likeness (QED) is 0.387. The van der Waals surface area contributed by atoms with Crippen molar-refractivity contribution in [2.45, 2.75) is 65.7 Å². The van der Waals surface area contributed by atoms with Crippen LogP contribution >= 0.6 is 11.6 Å². The van der Waals surface area contributed by atoms with E-state index in [0.29, 0.717) is 29.7 Å². The summed E-state index contributed by atoms with van der Waals surface area (Å²) in [6.45, 7) is 6.45. The van der Waals surface area contributed by atoms with Crippen molar-refractivity contribution in [3.05, 3.63) is 33.8 Å². The summed E-state index contributed by atoms with van der Waals surface area (Å²) in [7, 11) is 1.70. The van der Waals surface area contributed by atoms with Gasteiger partial charge in [-0.2, -0.15) is 4.39 Å². The Balaban J connectivity index is 1.68. The molecule has 5 heteroatoms. The van der Waals surface area contributed by atoms with Crippen LogP contribution in [0.5, 0.6) is 0 Å². The minimum Gasteiger partial charge on any atom is -0.500 e. The molecule has 0 aromatic carbocycles. The van der Waals surface area contributed by atoms with E-state index in [9.17, 15) is 9.18 Å². The van der Waals surface area contributed by atoms with Crippen LogP contribution in [0, 0.1) is 28.6 Å². The Kier molecular flexibility index (Phi) is 5.38. The summed E-state index contributed by atoms with van der Waals surface area (Å²) in [5.74, 6) is 0.915. The molecule has 4 aliphatic rings. The third kappa shape index (κ3) is 3.00. The molecule has 4 aliphatic carbocycles. The Morgan fingerprint density at radius 2 is 1.93 bits per heavy atom. The van der Waals surface area contributed by atoms with Gasteiger partial charge in [0.05, 0.1) is 18.7 Å². The van der Waals surface area contributed by atoms with Crippen molar-refractivity contribution >= 4 is 17.6 Å². The fourth-order valence-corrected chi connectivity index (χ4v) is 7.53. The first-order chi connectivity index (χ1) is 13.8. The Hall–Kier alpha value is -1.29. The topological polar surface area (TPSA) is 35.5 Å². The number of allylic oxidation sites excluding steroid dienone is 5. The van der Waals surface area contributed by atoms with Gasteiger partial charge in [0, 0.05) is 6.42 Å². The van der Waals surface area contributed by atoms with Crippen molar-refractivity contribution < 1.29 is 18.7 Å². The van der Waals surface area contributed by atoms with Crippen molar-refractivity contribution in [3.8, 4) is 0 Å². The molecule has 0 N–H and O–H groups in total. The average Bonchev–Trinajstić information content (AvgIpc) is 3.05. The Morgan fingerprint density at radius 3 is 2.62 bits per heavy atom. The normalized spacial score (nSPS) is 40.5. The lowest BCUT2D eigenvalue weighted by Gasteiger charge is -2.56. The zero-order chi connectivity index (χ0) is 21.0. The highest BCUT2D eigenvalue weighted by Crippen LogP contribution is 2.67. The van der Waals surface area contributed by atoms with E-state index in [0.717, 1.165) is 49.3 Å². The van der Waals surface area contributed by atoms with Crippen LogP contribution in [0.15, 0.2) is 33.8 Å². The minimum absolute atomic E-state index is 0.0511. The predicted octanol–water partition coefficient (Wildman–Crippen LogP) is 6.44. The monoisotopic (exact) mass is 422 g/mol. The van der Waals surface area contributed by atoms with E-state index in [1.807, 2.05) is 0 Å². The smallest absolute Gasteiger partial charge is 0.367 e. The van der Waals surface area contributed by atoms with Crippen LogP contribution in [0.4, 0.5) is 4.39 Å². The van der Waals surface area contributed by atoms with Gasteiger partial charge in [0.25, 0.3) is 0 Å². The number of halogens is 2. The highest BCUT2D eigenvalue weighted by atomic mass is 35.5. The molecule has 0 heterocycles. The van der Waals surface area contributed by atoms with Crippen molar-refractivity contribution in [2.75, 3.05) is 13.7 Å². The number of fused-ring (bicyclic) bond motifs is 5. The SMILES string of the molecule is CCOC(=O)C(F)=C1CC[C@H]2[C@@H]3CC=C4C(Cl)=C(OC)CC[C@]4(C)[C@H]3CC[C@]12C. The molecule has 0 bridgehead atoms. The first-order valence-electron chi connectivity index (χ1n) is 11.0. The number of rotatable bonds is 3. The van der Waals surface area contributed by atoms with Gasteiger partial charge < -0.3 is 9.47 Å². The molecule has 0 aliphatic heterocycles. The van der Waals surface area contributed by atoms with E-state index in [1.54, 1.807) is 14.0 Å². The minimum atomic E-state index is -0.791. The fraction of sp³-hybridized carbons (Fsp3) is 0.708. The lowest BCUT2D eigenvalue weighted by Crippen LogP contribution is -2.48.